The Morgan fingerprint density at radius 3 is 2.78 bits per heavy atom. The predicted molar refractivity (Wildman–Crippen MR) is 84.7 cm³/mol. The summed E-state index contributed by atoms with van der Waals surface area (Å²) in [5, 5.41) is 7.73. The normalized spacial score (nSPS) is 18.9. The van der Waals surface area contributed by atoms with Crippen LogP contribution in [0.4, 0.5) is 10.2 Å². The average Bonchev–Trinajstić information content (AvgIpc) is 2.99. The van der Waals surface area contributed by atoms with Crippen LogP contribution in [0, 0.1) is 5.82 Å². The molecule has 1 N–H and O–H groups in total. The van der Waals surface area contributed by atoms with Gasteiger partial charge in [0, 0.05) is 38.4 Å². The zero-order valence-electron chi connectivity index (χ0n) is 13.1. The Hall–Kier alpha value is -2.02. The number of aromatic amines is 1. The van der Waals surface area contributed by atoms with Crippen molar-refractivity contribution in [1.82, 2.24) is 25.1 Å². The van der Waals surface area contributed by atoms with E-state index in [1.54, 1.807) is 0 Å². The fraction of sp³-hybridized carbons (Fsp3) is 0.562. The summed E-state index contributed by atoms with van der Waals surface area (Å²) in [4.78, 5) is 12.2. The zero-order chi connectivity index (χ0) is 15.6. The minimum absolute atomic E-state index is 0.345. The van der Waals surface area contributed by atoms with Crippen LogP contribution >= 0.6 is 0 Å². The first-order valence-corrected chi connectivity index (χ1v) is 8.29. The highest BCUT2D eigenvalue weighted by Crippen LogP contribution is 2.24. The van der Waals surface area contributed by atoms with Crippen molar-refractivity contribution in [1.29, 1.82) is 0 Å². The first-order valence-electron chi connectivity index (χ1n) is 8.29. The number of fused-ring (bicyclic) bond motifs is 1. The van der Waals surface area contributed by atoms with Gasteiger partial charge in [-0.05, 0) is 31.2 Å². The van der Waals surface area contributed by atoms with Gasteiger partial charge in [-0.15, -0.1) is 0 Å². The number of nitrogens with zero attached hydrogens (tertiary/aromatic N) is 5. The molecule has 0 spiro atoms. The van der Waals surface area contributed by atoms with Crippen molar-refractivity contribution in [2.45, 2.75) is 32.2 Å². The van der Waals surface area contributed by atoms with E-state index in [1.165, 1.54) is 42.3 Å². The molecule has 0 saturated carbocycles. The molecule has 0 atom stereocenters. The molecule has 3 heterocycles. The Labute approximate surface area is 134 Å². The molecule has 1 aliphatic carbocycles. The number of hydrogen-bond acceptors (Lipinski definition) is 5. The highest BCUT2D eigenvalue weighted by Gasteiger charge is 2.23. The highest BCUT2D eigenvalue weighted by molar-refractivity contribution is 5.39. The summed E-state index contributed by atoms with van der Waals surface area (Å²) in [6, 6.07) is 0. The molecule has 1 aliphatic heterocycles. The van der Waals surface area contributed by atoms with Gasteiger partial charge < -0.3 is 4.90 Å². The van der Waals surface area contributed by atoms with E-state index in [9.17, 15) is 4.39 Å². The quantitative estimate of drug-likeness (QED) is 0.931. The van der Waals surface area contributed by atoms with Gasteiger partial charge in [0.2, 0.25) is 0 Å². The number of hydrogen-bond donors (Lipinski definition) is 1. The Morgan fingerprint density at radius 2 is 1.96 bits per heavy atom. The van der Waals surface area contributed by atoms with E-state index in [1.807, 2.05) is 4.90 Å². The fourth-order valence-corrected chi connectivity index (χ4v) is 3.55. The van der Waals surface area contributed by atoms with Gasteiger partial charge in [-0.1, -0.05) is 0 Å². The minimum atomic E-state index is -0.345. The predicted octanol–water partition coefficient (Wildman–Crippen LogP) is 1.54. The van der Waals surface area contributed by atoms with Crippen LogP contribution in [-0.4, -0.2) is 51.2 Å². The van der Waals surface area contributed by atoms with E-state index in [2.05, 4.69) is 25.1 Å². The zero-order valence-corrected chi connectivity index (χ0v) is 13.1. The Balaban J connectivity index is 1.39. The summed E-state index contributed by atoms with van der Waals surface area (Å²) in [7, 11) is 0. The van der Waals surface area contributed by atoms with Gasteiger partial charge >= 0.3 is 0 Å². The number of piperazine rings is 1. The lowest BCUT2D eigenvalue weighted by Gasteiger charge is -2.35. The van der Waals surface area contributed by atoms with Gasteiger partial charge in [-0.3, -0.25) is 10.00 Å². The second kappa shape index (κ2) is 6.23. The standard InChI is InChI=1S/C16H21FN6/c17-13-9-18-11-19-16(13)23-7-5-22(6-8-23)10-15-12-3-1-2-4-14(12)20-21-15/h9,11H,1-8,10H2,(H,20,21). The maximum Gasteiger partial charge on any atom is 0.183 e. The maximum absolute atomic E-state index is 13.8. The molecule has 7 heteroatoms. The maximum atomic E-state index is 13.8. The van der Waals surface area contributed by atoms with Crippen molar-refractivity contribution in [2.24, 2.45) is 0 Å². The molecule has 4 rings (SSSR count). The van der Waals surface area contributed by atoms with Crippen LogP contribution in [0.1, 0.15) is 29.8 Å². The van der Waals surface area contributed by atoms with Crippen LogP contribution in [0.2, 0.25) is 0 Å². The molecule has 1 saturated heterocycles. The van der Waals surface area contributed by atoms with Gasteiger partial charge in [0.15, 0.2) is 11.6 Å². The largest absolute Gasteiger partial charge is 0.352 e. The smallest absolute Gasteiger partial charge is 0.183 e. The van der Waals surface area contributed by atoms with E-state index >= 15 is 0 Å². The molecule has 2 aromatic heterocycles. The molecule has 122 valence electrons. The van der Waals surface area contributed by atoms with Crippen molar-refractivity contribution < 1.29 is 4.39 Å². The lowest BCUT2D eigenvalue weighted by Crippen LogP contribution is -2.46. The van der Waals surface area contributed by atoms with Crippen molar-refractivity contribution in [3.05, 3.63) is 35.3 Å². The number of H-pyrrole nitrogens is 1. The number of rotatable bonds is 3. The van der Waals surface area contributed by atoms with Crippen LogP contribution in [0.5, 0.6) is 0 Å². The molecule has 0 unspecified atom stereocenters. The summed E-state index contributed by atoms with van der Waals surface area (Å²) < 4.78 is 13.8. The van der Waals surface area contributed by atoms with Crippen molar-refractivity contribution in [3.63, 3.8) is 0 Å². The monoisotopic (exact) mass is 316 g/mol. The molecule has 23 heavy (non-hydrogen) atoms. The van der Waals surface area contributed by atoms with E-state index in [-0.39, 0.29) is 5.82 Å². The third-order valence-corrected chi connectivity index (χ3v) is 4.84. The third kappa shape index (κ3) is 2.93. The molecule has 0 radical (unpaired) electrons. The highest BCUT2D eigenvalue weighted by atomic mass is 19.1. The van der Waals surface area contributed by atoms with Gasteiger partial charge in [0.05, 0.1) is 11.9 Å². The van der Waals surface area contributed by atoms with Crippen LogP contribution < -0.4 is 4.90 Å². The van der Waals surface area contributed by atoms with E-state index in [4.69, 9.17) is 0 Å². The summed E-state index contributed by atoms with van der Waals surface area (Å²) >= 11 is 0. The van der Waals surface area contributed by atoms with E-state index in [0.29, 0.717) is 5.82 Å². The number of halogens is 1. The van der Waals surface area contributed by atoms with Crippen molar-refractivity contribution in [2.75, 3.05) is 31.1 Å². The minimum Gasteiger partial charge on any atom is -0.352 e. The van der Waals surface area contributed by atoms with E-state index in [0.717, 1.165) is 45.6 Å². The number of anilines is 1. The second-order valence-electron chi connectivity index (χ2n) is 6.29. The molecule has 1 fully saturated rings. The van der Waals surface area contributed by atoms with Crippen LogP contribution in [0.15, 0.2) is 12.5 Å². The third-order valence-electron chi connectivity index (χ3n) is 4.84. The Morgan fingerprint density at radius 1 is 1.13 bits per heavy atom. The topological polar surface area (TPSA) is 60.9 Å². The lowest BCUT2D eigenvalue weighted by molar-refractivity contribution is 0.245. The molecule has 0 amide bonds. The van der Waals surface area contributed by atoms with Crippen LogP contribution in [0.25, 0.3) is 0 Å². The first-order chi connectivity index (χ1) is 11.3. The summed E-state index contributed by atoms with van der Waals surface area (Å²) in [6.45, 7) is 4.23. The van der Waals surface area contributed by atoms with Gasteiger partial charge in [-0.25, -0.2) is 14.4 Å². The van der Waals surface area contributed by atoms with Crippen molar-refractivity contribution in [3.8, 4) is 0 Å². The van der Waals surface area contributed by atoms with E-state index < -0.39 is 0 Å². The van der Waals surface area contributed by atoms with Gasteiger partial charge in [0.25, 0.3) is 0 Å². The summed E-state index contributed by atoms with van der Waals surface area (Å²) in [5.74, 6) is 0.0686. The second-order valence-corrected chi connectivity index (χ2v) is 6.29. The summed E-state index contributed by atoms with van der Waals surface area (Å²) in [5.41, 5.74) is 3.95. The Kier molecular flexibility index (Phi) is 3.95. The summed E-state index contributed by atoms with van der Waals surface area (Å²) in [6.07, 6.45) is 7.43. The number of nitrogens with one attached hydrogen (secondary N) is 1. The molecular formula is C16H21FN6. The number of aromatic nitrogens is 4. The molecular weight excluding hydrogens is 295 g/mol. The molecule has 0 aromatic carbocycles. The molecule has 6 nitrogen and oxygen atoms in total. The number of aryl methyl sites for hydroxylation is 1. The average molecular weight is 316 g/mol. The van der Waals surface area contributed by atoms with Gasteiger partial charge in [0.1, 0.15) is 6.33 Å². The van der Waals surface area contributed by atoms with Crippen LogP contribution in [0.3, 0.4) is 0 Å². The lowest BCUT2D eigenvalue weighted by atomic mass is 9.96. The first kappa shape index (κ1) is 14.6. The van der Waals surface area contributed by atoms with Crippen LogP contribution in [-0.2, 0) is 19.4 Å². The SMILES string of the molecule is Fc1cncnc1N1CCN(Cc2n[nH]c3c2CCCC3)CC1. The van der Waals surface area contributed by atoms with Gasteiger partial charge in [-0.2, -0.15) is 5.10 Å². The molecule has 2 aliphatic rings. The Bertz CT molecular complexity index is 677. The van der Waals surface area contributed by atoms with Crippen molar-refractivity contribution >= 4 is 5.82 Å². The molecule has 2 aromatic rings. The molecule has 0 bridgehead atoms. The fourth-order valence-electron chi connectivity index (χ4n) is 3.55.